The quantitative estimate of drug-likeness (QED) is 0.432. The third-order valence-electron chi connectivity index (χ3n) is 4.76. The number of rotatable bonds is 7. The van der Waals surface area contributed by atoms with Crippen molar-refractivity contribution in [2.75, 3.05) is 18.8 Å². The molecule has 0 spiro atoms. The number of thiazole rings is 1. The molecule has 0 aliphatic heterocycles. The minimum atomic E-state index is -1.05. The molecule has 1 fully saturated rings. The molecule has 1 saturated carbocycles. The molecule has 1 aromatic heterocycles. The van der Waals surface area contributed by atoms with Gasteiger partial charge in [0.25, 0.3) is 0 Å². The van der Waals surface area contributed by atoms with Crippen LogP contribution >= 0.6 is 22.9 Å². The molecule has 4 N–H and O–H groups in total. The fourth-order valence-corrected chi connectivity index (χ4v) is 3.92. The number of nitrogens with two attached hydrogens (primary N) is 1. The minimum Gasteiger partial charge on any atom is -0.476 e. The summed E-state index contributed by atoms with van der Waals surface area (Å²) in [5.74, 6) is -0.0790. The van der Waals surface area contributed by atoms with Gasteiger partial charge in [-0.05, 0) is 68.5 Å². The minimum absolute atomic E-state index is 0.0214. The summed E-state index contributed by atoms with van der Waals surface area (Å²) in [6.07, 6.45) is 3.95. The lowest BCUT2D eigenvalue weighted by molar-refractivity contribution is 0.0692. The van der Waals surface area contributed by atoms with Crippen LogP contribution in [-0.4, -0.2) is 29.1 Å². The third-order valence-corrected chi connectivity index (χ3v) is 5.95. The van der Waals surface area contributed by atoms with Gasteiger partial charge in [0.2, 0.25) is 0 Å². The fourth-order valence-electron chi connectivity index (χ4n) is 2.98. The van der Waals surface area contributed by atoms with Crippen molar-refractivity contribution in [3.05, 3.63) is 70.4 Å². The van der Waals surface area contributed by atoms with Crippen molar-refractivity contribution < 1.29 is 9.90 Å². The van der Waals surface area contributed by atoms with E-state index in [9.17, 15) is 4.79 Å². The van der Waals surface area contributed by atoms with Crippen LogP contribution < -0.4 is 11.1 Å². The zero-order valence-electron chi connectivity index (χ0n) is 16.9. The van der Waals surface area contributed by atoms with Crippen LogP contribution in [0.5, 0.6) is 0 Å². The van der Waals surface area contributed by atoms with Crippen LogP contribution in [0.1, 0.15) is 34.5 Å². The first-order chi connectivity index (χ1) is 14.4. The van der Waals surface area contributed by atoms with Gasteiger partial charge in [0.15, 0.2) is 10.8 Å². The van der Waals surface area contributed by atoms with Crippen LogP contribution in [0.4, 0.5) is 5.13 Å². The van der Waals surface area contributed by atoms with Gasteiger partial charge < -0.3 is 16.2 Å². The standard InChI is InChI=1S/C12H16ClN.C11H10N2O2S/c13-12-5-3-10(4-6-12)7-8-14-9-11-1-2-11;1-6-3-2-4-7(5-6)9-8(10(14)15)13-11(12)16-9/h3-6,11,14H,1-2,7-9H2;2-5H,1H3,(H2,12,13)(H,14,15). The van der Waals surface area contributed by atoms with E-state index < -0.39 is 5.97 Å². The van der Waals surface area contributed by atoms with E-state index in [0.717, 1.165) is 35.0 Å². The summed E-state index contributed by atoms with van der Waals surface area (Å²) in [5, 5.41) is 13.6. The summed E-state index contributed by atoms with van der Waals surface area (Å²) in [7, 11) is 0. The first kappa shape index (κ1) is 22.3. The molecule has 1 heterocycles. The monoisotopic (exact) mass is 443 g/mol. The molecule has 0 bridgehead atoms. The van der Waals surface area contributed by atoms with Gasteiger partial charge in [-0.25, -0.2) is 9.78 Å². The van der Waals surface area contributed by atoms with Crippen LogP contribution in [0.2, 0.25) is 5.02 Å². The van der Waals surface area contributed by atoms with Gasteiger partial charge >= 0.3 is 5.97 Å². The maximum atomic E-state index is 11.0. The Morgan fingerprint density at radius 1 is 1.27 bits per heavy atom. The van der Waals surface area contributed by atoms with Crippen molar-refractivity contribution in [2.24, 2.45) is 5.92 Å². The number of nitrogens with zero attached hydrogens (tertiary/aromatic N) is 1. The van der Waals surface area contributed by atoms with Gasteiger partial charge in [-0.3, -0.25) is 0 Å². The Kier molecular flexibility index (Phi) is 7.85. The lowest BCUT2D eigenvalue weighted by atomic mass is 10.1. The average Bonchev–Trinajstić information content (AvgIpc) is 3.46. The van der Waals surface area contributed by atoms with E-state index >= 15 is 0 Å². The van der Waals surface area contributed by atoms with Gasteiger partial charge in [0, 0.05) is 5.02 Å². The van der Waals surface area contributed by atoms with Crippen LogP contribution in [0.25, 0.3) is 10.4 Å². The molecule has 1 aliphatic rings. The number of aryl methyl sites for hydroxylation is 1. The molecule has 158 valence electrons. The molecule has 5 nitrogen and oxygen atoms in total. The van der Waals surface area contributed by atoms with Gasteiger partial charge in [-0.1, -0.05) is 64.9 Å². The average molecular weight is 444 g/mol. The molecule has 1 aliphatic carbocycles. The number of carbonyl (C=O) groups is 1. The van der Waals surface area contributed by atoms with Crippen molar-refractivity contribution in [3.8, 4) is 10.4 Å². The van der Waals surface area contributed by atoms with Crippen molar-refractivity contribution in [1.82, 2.24) is 10.3 Å². The maximum absolute atomic E-state index is 11.0. The Labute approximate surface area is 185 Å². The summed E-state index contributed by atoms with van der Waals surface area (Å²) in [6, 6.07) is 15.7. The van der Waals surface area contributed by atoms with E-state index in [1.165, 1.54) is 36.3 Å². The predicted molar refractivity (Wildman–Crippen MR) is 124 cm³/mol. The molecule has 3 aromatic rings. The Balaban J connectivity index is 0.000000172. The SMILES string of the molecule is Cc1cccc(-c2sc(N)nc2C(=O)O)c1.Clc1ccc(CCNCC2CC2)cc1. The lowest BCUT2D eigenvalue weighted by Crippen LogP contribution is -2.19. The second kappa shape index (κ2) is 10.6. The number of nitrogen functional groups attached to an aromatic ring is 1. The summed E-state index contributed by atoms with van der Waals surface area (Å²) < 4.78 is 0. The number of carboxylic acid groups (broad SMARTS) is 1. The number of anilines is 1. The highest BCUT2D eigenvalue weighted by Gasteiger charge is 2.20. The smallest absolute Gasteiger partial charge is 0.356 e. The normalized spacial score (nSPS) is 12.9. The van der Waals surface area contributed by atoms with E-state index in [1.807, 2.05) is 43.3 Å². The number of aromatic carboxylic acids is 1. The van der Waals surface area contributed by atoms with E-state index in [4.69, 9.17) is 22.4 Å². The largest absolute Gasteiger partial charge is 0.476 e. The zero-order chi connectivity index (χ0) is 21.5. The highest BCUT2D eigenvalue weighted by molar-refractivity contribution is 7.19. The van der Waals surface area contributed by atoms with E-state index in [0.29, 0.717) is 4.88 Å². The summed E-state index contributed by atoms with van der Waals surface area (Å²) >= 11 is 7.00. The molecule has 2 aromatic carbocycles. The molecule has 0 atom stereocenters. The third kappa shape index (κ3) is 6.83. The van der Waals surface area contributed by atoms with Crippen molar-refractivity contribution in [3.63, 3.8) is 0 Å². The van der Waals surface area contributed by atoms with Crippen molar-refractivity contribution >= 4 is 34.0 Å². The first-order valence-corrected chi connectivity index (χ1v) is 11.1. The second-order valence-corrected chi connectivity index (χ2v) is 8.90. The molecule has 0 amide bonds. The number of hydrogen-bond acceptors (Lipinski definition) is 5. The van der Waals surface area contributed by atoms with E-state index in [-0.39, 0.29) is 10.8 Å². The Bertz CT molecular complexity index is 984. The van der Waals surface area contributed by atoms with Crippen molar-refractivity contribution in [2.45, 2.75) is 26.2 Å². The molecule has 7 heteroatoms. The molecular weight excluding hydrogens is 418 g/mol. The Hall–Kier alpha value is -2.41. The maximum Gasteiger partial charge on any atom is 0.356 e. The second-order valence-electron chi connectivity index (χ2n) is 7.43. The molecular formula is C23H26ClN3O2S. The van der Waals surface area contributed by atoms with E-state index in [1.54, 1.807) is 0 Å². The molecule has 4 rings (SSSR count). The molecule has 0 saturated heterocycles. The van der Waals surface area contributed by atoms with Crippen LogP contribution in [0.15, 0.2) is 48.5 Å². The topological polar surface area (TPSA) is 88.2 Å². The molecule has 0 radical (unpaired) electrons. The molecule has 30 heavy (non-hydrogen) atoms. The van der Waals surface area contributed by atoms with Crippen molar-refractivity contribution in [1.29, 1.82) is 0 Å². The number of nitrogens with one attached hydrogen (secondary N) is 1. The number of aromatic nitrogens is 1. The van der Waals surface area contributed by atoms with Gasteiger partial charge in [-0.15, -0.1) is 0 Å². The first-order valence-electron chi connectivity index (χ1n) is 9.94. The van der Waals surface area contributed by atoms with E-state index in [2.05, 4.69) is 22.4 Å². The van der Waals surface area contributed by atoms with Gasteiger partial charge in [0.05, 0.1) is 4.88 Å². The summed E-state index contributed by atoms with van der Waals surface area (Å²) in [6.45, 7) is 4.24. The predicted octanol–water partition coefficient (Wildman–Crippen LogP) is 5.28. The van der Waals surface area contributed by atoms with Gasteiger partial charge in [0.1, 0.15) is 0 Å². The highest BCUT2D eigenvalue weighted by Crippen LogP contribution is 2.32. The Morgan fingerprint density at radius 2 is 2.00 bits per heavy atom. The van der Waals surface area contributed by atoms with Crippen LogP contribution in [0, 0.1) is 12.8 Å². The zero-order valence-corrected chi connectivity index (χ0v) is 18.5. The van der Waals surface area contributed by atoms with Gasteiger partial charge in [-0.2, -0.15) is 0 Å². The number of hydrogen-bond donors (Lipinski definition) is 3. The fraction of sp³-hybridized carbons (Fsp3) is 0.304. The molecule has 0 unspecified atom stereocenters. The summed E-state index contributed by atoms with van der Waals surface area (Å²) in [4.78, 5) is 15.4. The number of halogens is 1. The lowest BCUT2D eigenvalue weighted by Gasteiger charge is -2.03. The van der Waals surface area contributed by atoms with Crippen LogP contribution in [-0.2, 0) is 6.42 Å². The highest BCUT2D eigenvalue weighted by atomic mass is 35.5. The number of benzene rings is 2. The van der Waals surface area contributed by atoms with Crippen LogP contribution in [0.3, 0.4) is 0 Å². The Morgan fingerprint density at radius 3 is 2.63 bits per heavy atom. The summed E-state index contributed by atoms with van der Waals surface area (Å²) in [5.41, 5.74) is 8.83. The number of carboxylic acids is 1.